The van der Waals surface area contributed by atoms with Crippen LogP contribution in [0.2, 0.25) is 5.02 Å². The Kier molecular flexibility index (Phi) is 6.49. The van der Waals surface area contributed by atoms with Gasteiger partial charge in [-0.25, -0.2) is 14.4 Å². The molecule has 0 aliphatic rings. The van der Waals surface area contributed by atoms with Crippen molar-refractivity contribution >= 4 is 29.1 Å². The first-order chi connectivity index (χ1) is 11.5. The quantitative estimate of drug-likeness (QED) is 0.815. The molecular formula is C17H20ClFN4O. The smallest absolute Gasteiger partial charge is 0.258 e. The minimum absolute atomic E-state index is 0.0471. The van der Waals surface area contributed by atoms with Crippen LogP contribution < -0.4 is 10.2 Å². The maximum absolute atomic E-state index is 13.1. The van der Waals surface area contributed by atoms with Crippen LogP contribution in [-0.4, -0.2) is 29.0 Å². The Hall–Kier alpha value is -2.21. The van der Waals surface area contributed by atoms with Crippen molar-refractivity contribution in [3.63, 3.8) is 0 Å². The molecule has 0 radical (unpaired) electrons. The van der Waals surface area contributed by atoms with Gasteiger partial charge in [-0.3, -0.25) is 4.79 Å². The summed E-state index contributed by atoms with van der Waals surface area (Å²) >= 11 is 5.70. The summed E-state index contributed by atoms with van der Waals surface area (Å²) in [6.07, 6.45) is 4.97. The number of hydrogen-bond acceptors (Lipinski definition) is 4. The van der Waals surface area contributed by atoms with Crippen LogP contribution in [0.5, 0.6) is 0 Å². The van der Waals surface area contributed by atoms with Crippen molar-refractivity contribution in [2.45, 2.75) is 26.7 Å². The molecular weight excluding hydrogens is 331 g/mol. The normalized spacial score (nSPS) is 10.5. The van der Waals surface area contributed by atoms with Gasteiger partial charge in [0.1, 0.15) is 5.82 Å². The number of amides is 1. The van der Waals surface area contributed by atoms with E-state index in [0.29, 0.717) is 17.2 Å². The second-order valence-corrected chi connectivity index (χ2v) is 5.75. The third-order valence-corrected chi connectivity index (χ3v) is 3.64. The highest BCUT2D eigenvalue weighted by Gasteiger charge is 2.12. The first kappa shape index (κ1) is 18.1. The lowest BCUT2D eigenvalue weighted by Crippen LogP contribution is -2.27. The number of carbonyl (C=O) groups excluding carboxylic acids is 1. The second kappa shape index (κ2) is 8.59. The summed E-state index contributed by atoms with van der Waals surface area (Å²) < 4.78 is 13.1. The monoisotopic (exact) mass is 350 g/mol. The average Bonchev–Trinajstić information content (AvgIpc) is 2.58. The van der Waals surface area contributed by atoms with Crippen molar-refractivity contribution in [1.29, 1.82) is 0 Å². The van der Waals surface area contributed by atoms with Crippen molar-refractivity contribution in [3.8, 4) is 0 Å². The molecule has 128 valence electrons. The SMILES string of the molecule is CCCN(CCC)c1ncc(C(=O)Nc2ccc(F)c(Cl)c2)cn1. The molecule has 0 aliphatic carbocycles. The van der Waals surface area contributed by atoms with Crippen LogP contribution in [0.1, 0.15) is 37.0 Å². The number of nitrogens with zero attached hydrogens (tertiary/aromatic N) is 3. The summed E-state index contributed by atoms with van der Waals surface area (Å²) in [7, 11) is 0. The van der Waals surface area contributed by atoms with Crippen LogP contribution in [0, 0.1) is 5.82 Å². The van der Waals surface area contributed by atoms with Crippen molar-refractivity contribution < 1.29 is 9.18 Å². The van der Waals surface area contributed by atoms with Gasteiger partial charge in [0.2, 0.25) is 5.95 Å². The molecule has 24 heavy (non-hydrogen) atoms. The Bertz CT molecular complexity index is 687. The van der Waals surface area contributed by atoms with Crippen LogP contribution in [0.15, 0.2) is 30.6 Å². The van der Waals surface area contributed by atoms with Crippen molar-refractivity contribution in [2.75, 3.05) is 23.3 Å². The maximum atomic E-state index is 13.1. The largest absolute Gasteiger partial charge is 0.341 e. The Morgan fingerprint density at radius 2 is 1.83 bits per heavy atom. The summed E-state index contributed by atoms with van der Waals surface area (Å²) in [6, 6.07) is 4.00. The molecule has 0 bridgehead atoms. The predicted molar refractivity (Wildman–Crippen MR) is 94.2 cm³/mol. The lowest BCUT2D eigenvalue weighted by atomic mass is 10.2. The van der Waals surface area contributed by atoms with E-state index in [1.807, 2.05) is 0 Å². The van der Waals surface area contributed by atoms with Gasteiger partial charge >= 0.3 is 0 Å². The van der Waals surface area contributed by atoms with E-state index in [9.17, 15) is 9.18 Å². The molecule has 1 aromatic heterocycles. The number of aromatic nitrogens is 2. The third-order valence-electron chi connectivity index (χ3n) is 3.35. The molecule has 5 nitrogen and oxygen atoms in total. The third kappa shape index (κ3) is 4.64. The van der Waals surface area contributed by atoms with E-state index in [4.69, 9.17) is 11.6 Å². The van der Waals surface area contributed by atoms with Gasteiger partial charge in [-0.05, 0) is 31.0 Å². The van der Waals surface area contributed by atoms with E-state index in [-0.39, 0.29) is 10.9 Å². The molecule has 1 N–H and O–H groups in total. The summed E-state index contributed by atoms with van der Waals surface area (Å²) in [6.45, 7) is 5.93. The Labute approximate surface area is 145 Å². The van der Waals surface area contributed by atoms with Gasteiger partial charge in [-0.1, -0.05) is 25.4 Å². The summed E-state index contributed by atoms with van der Waals surface area (Å²) in [5, 5.41) is 2.59. The van der Waals surface area contributed by atoms with Crippen molar-refractivity contribution in [2.24, 2.45) is 0 Å². The van der Waals surface area contributed by atoms with E-state index in [1.54, 1.807) is 0 Å². The van der Waals surface area contributed by atoms with Crippen LogP contribution in [-0.2, 0) is 0 Å². The topological polar surface area (TPSA) is 58.1 Å². The minimum Gasteiger partial charge on any atom is -0.341 e. The molecule has 1 aromatic carbocycles. The second-order valence-electron chi connectivity index (χ2n) is 5.34. The lowest BCUT2D eigenvalue weighted by Gasteiger charge is -2.21. The fourth-order valence-electron chi connectivity index (χ4n) is 2.23. The summed E-state index contributed by atoms with van der Waals surface area (Å²) in [5.74, 6) is -0.295. The molecule has 0 atom stereocenters. The highest BCUT2D eigenvalue weighted by atomic mass is 35.5. The fourth-order valence-corrected chi connectivity index (χ4v) is 2.41. The molecule has 0 fully saturated rings. The number of halogens is 2. The zero-order valence-electron chi connectivity index (χ0n) is 13.7. The first-order valence-corrected chi connectivity index (χ1v) is 8.26. The molecule has 0 unspecified atom stereocenters. The highest BCUT2D eigenvalue weighted by molar-refractivity contribution is 6.31. The van der Waals surface area contributed by atoms with Gasteiger partial charge < -0.3 is 10.2 Å². The Morgan fingerprint density at radius 3 is 2.38 bits per heavy atom. The zero-order chi connectivity index (χ0) is 17.5. The van der Waals surface area contributed by atoms with Gasteiger partial charge in [0.05, 0.1) is 10.6 Å². The molecule has 0 saturated carbocycles. The molecule has 0 aliphatic heterocycles. The summed E-state index contributed by atoms with van der Waals surface area (Å²) in [5.41, 5.74) is 0.737. The number of rotatable bonds is 7. The number of benzene rings is 1. The molecule has 2 rings (SSSR count). The van der Waals surface area contributed by atoms with E-state index in [0.717, 1.165) is 25.9 Å². The van der Waals surface area contributed by atoms with E-state index < -0.39 is 5.82 Å². The van der Waals surface area contributed by atoms with Gasteiger partial charge in [0.25, 0.3) is 5.91 Å². The van der Waals surface area contributed by atoms with Crippen LogP contribution in [0.3, 0.4) is 0 Å². The fraction of sp³-hybridized carbons (Fsp3) is 0.353. The number of carbonyl (C=O) groups is 1. The number of nitrogens with one attached hydrogen (secondary N) is 1. The van der Waals surface area contributed by atoms with Gasteiger partial charge in [-0.2, -0.15) is 0 Å². The number of anilines is 2. The molecule has 0 spiro atoms. The Morgan fingerprint density at radius 1 is 1.21 bits per heavy atom. The van der Waals surface area contributed by atoms with Crippen LogP contribution in [0.4, 0.5) is 16.0 Å². The Balaban J connectivity index is 2.08. The first-order valence-electron chi connectivity index (χ1n) is 7.88. The highest BCUT2D eigenvalue weighted by Crippen LogP contribution is 2.20. The van der Waals surface area contributed by atoms with Gasteiger partial charge in [0, 0.05) is 31.2 Å². The zero-order valence-corrected chi connectivity index (χ0v) is 14.5. The number of hydrogen-bond donors (Lipinski definition) is 1. The van der Waals surface area contributed by atoms with Crippen LogP contribution in [0.25, 0.3) is 0 Å². The molecule has 1 heterocycles. The predicted octanol–water partition coefficient (Wildman–Crippen LogP) is 4.15. The van der Waals surface area contributed by atoms with Crippen LogP contribution >= 0.6 is 11.6 Å². The molecule has 2 aromatic rings. The average molecular weight is 351 g/mol. The van der Waals surface area contributed by atoms with Crippen molar-refractivity contribution in [3.05, 3.63) is 47.0 Å². The van der Waals surface area contributed by atoms with Gasteiger partial charge in [-0.15, -0.1) is 0 Å². The minimum atomic E-state index is -0.533. The standard InChI is InChI=1S/C17H20ClFN4O/c1-3-7-23(8-4-2)17-20-10-12(11-21-17)16(24)22-13-5-6-15(19)14(18)9-13/h5-6,9-11H,3-4,7-8H2,1-2H3,(H,22,24). The maximum Gasteiger partial charge on any atom is 0.258 e. The van der Waals surface area contributed by atoms with Crippen molar-refractivity contribution in [1.82, 2.24) is 9.97 Å². The lowest BCUT2D eigenvalue weighted by molar-refractivity contribution is 0.102. The molecule has 0 saturated heterocycles. The van der Waals surface area contributed by atoms with Gasteiger partial charge in [0.15, 0.2) is 0 Å². The summed E-state index contributed by atoms with van der Waals surface area (Å²) in [4.78, 5) is 22.8. The van der Waals surface area contributed by atoms with E-state index >= 15 is 0 Å². The molecule has 1 amide bonds. The molecule has 7 heteroatoms. The van der Waals surface area contributed by atoms with E-state index in [2.05, 4.69) is 34.0 Å². The van der Waals surface area contributed by atoms with E-state index in [1.165, 1.54) is 30.6 Å².